The average molecular weight is 498 g/mol. The molecule has 1 aliphatic heterocycles. The standard InChI is InChI=1S/C25H31F4N3O3/c1-14-5-24(34,22-10-23(26,11-22)12-22)6-15(31-14)9-35-17-3-18(25(27,28)29)20-19(4-17)30-13-32(20)16-7-21(2,33)8-16/h3-4,13-16,31,33-34H,5-12H2,1-2H3. The molecular weight excluding hydrogens is 466 g/mol. The minimum atomic E-state index is -4.61. The van der Waals surface area contributed by atoms with Gasteiger partial charge < -0.3 is 24.8 Å². The summed E-state index contributed by atoms with van der Waals surface area (Å²) in [6, 6.07) is 1.98. The van der Waals surface area contributed by atoms with Gasteiger partial charge in [-0.1, -0.05) is 0 Å². The summed E-state index contributed by atoms with van der Waals surface area (Å²) < 4.78 is 63.6. The van der Waals surface area contributed by atoms with Gasteiger partial charge >= 0.3 is 6.18 Å². The normalized spacial score (nSPS) is 42.8. The van der Waals surface area contributed by atoms with E-state index < -0.39 is 28.6 Å². The van der Waals surface area contributed by atoms with Gasteiger partial charge in [0.05, 0.1) is 34.1 Å². The lowest BCUT2D eigenvalue weighted by molar-refractivity contribution is -0.309. The third-order valence-electron chi connectivity index (χ3n) is 8.84. The van der Waals surface area contributed by atoms with Crippen molar-refractivity contribution in [2.75, 3.05) is 6.61 Å². The molecule has 0 spiro atoms. The fourth-order valence-electron chi connectivity index (χ4n) is 7.29. The van der Waals surface area contributed by atoms with E-state index in [2.05, 4.69) is 10.3 Å². The molecule has 4 saturated carbocycles. The molecule has 4 aliphatic carbocycles. The van der Waals surface area contributed by atoms with Gasteiger partial charge in [-0.2, -0.15) is 13.2 Å². The Balaban J connectivity index is 1.22. The predicted molar refractivity (Wildman–Crippen MR) is 120 cm³/mol. The summed E-state index contributed by atoms with van der Waals surface area (Å²) in [6.45, 7) is 3.70. The Hall–Kier alpha value is -1.91. The third kappa shape index (κ3) is 3.66. The summed E-state index contributed by atoms with van der Waals surface area (Å²) in [7, 11) is 0. The third-order valence-corrected chi connectivity index (χ3v) is 8.84. The van der Waals surface area contributed by atoms with Crippen molar-refractivity contribution in [1.82, 2.24) is 14.9 Å². The zero-order valence-corrected chi connectivity index (χ0v) is 19.8. The Kier molecular flexibility index (Phi) is 4.77. The minimum Gasteiger partial charge on any atom is -0.492 e. The van der Waals surface area contributed by atoms with Crippen molar-refractivity contribution in [3.8, 4) is 5.75 Å². The number of nitrogens with one attached hydrogen (secondary N) is 1. The van der Waals surface area contributed by atoms with E-state index in [9.17, 15) is 27.8 Å². The number of alkyl halides is 4. The van der Waals surface area contributed by atoms with Crippen LogP contribution in [0, 0.1) is 5.41 Å². The van der Waals surface area contributed by atoms with Crippen molar-refractivity contribution in [2.45, 2.75) is 100.0 Å². The highest BCUT2D eigenvalue weighted by atomic mass is 19.4. The first-order valence-corrected chi connectivity index (χ1v) is 12.3. The van der Waals surface area contributed by atoms with E-state index in [4.69, 9.17) is 4.74 Å². The summed E-state index contributed by atoms with van der Waals surface area (Å²) in [4.78, 5) is 4.21. The van der Waals surface area contributed by atoms with Crippen LogP contribution in [0.1, 0.15) is 70.4 Å². The van der Waals surface area contributed by atoms with Crippen molar-refractivity contribution in [3.63, 3.8) is 0 Å². The molecule has 35 heavy (non-hydrogen) atoms. The molecule has 5 fully saturated rings. The number of imidazole rings is 1. The molecule has 1 aromatic heterocycles. The number of aromatic nitrogens is 2. The monoisotopic (exact) mass is 497 g/mol. The molecule has 192 valence electrons. The first-order valence-electron chi connectivity index (χ1n) is 12.3. The second-order valence-corrected chi connectivity index (χ2v) is 12.0. The van der Waals surface area contributed by atoms with E-state index in [0.717, 1.165) is 6.07 Å². The summed E-state index contributed by atoms with van der Waals surface area (Å²) in [6.07, 6.45) is -0.403. The lowest BCUT2D eigenvalue weighted by Gasteiger charge is -2.72. The molecular formula is C25H31F4N3O3. The maximum absolute atomic E-state index is 14.1. The van der Waals surface area contributed by atoms with E-state index in [1.54, 1.807) is 6.92 Å². The molecule has 1 aromatic carbocycles. The number of rotatable bonds is 5. The minimum absolute atomic E-state index is 0.00656. The van der Waals surface area contributed by atoms with Gasteiger partial charge in [0.1, 0.15) is 18.0 Å². The van der Waals surface area contributed by atoms with Crippen LogP contribution in [0.5, 0.6) is 5.75 Å². The largest absolute Gasteiger partial charge is 0.492 e. The van der Waals surface area contributed by atoms with E-state index >= 15 is 0 Å². The zero-order valence-electron chi connectivity index (χ0n) is 19.8. The number of hydrogen-bond donors (Lipinski definition) is 3. The van der Waals surface area contributed by atoms with Crippen LogP contribution in [0.15, 0.2) is 18.5 Å². The first-order chi connectivity index (χ1) is 16.2. The molecule has 10 heteroatoms. The van der Waals surface area contributed by atoms with Crippen molar-refractivity contribution < 1.29 is 32.5 Å². The molecule has 7 rings (SSSR count). The lowest BCUT2D eigenvalue weighted by atomic mass is 9.35. The highest BCUT2D eigenvalue weighted by Gasteiger charge is 2.76. The molecule has 0 amide bonds. The molecule has 6 nitrogen and oxygen atoms in total. The molecule has 3 N–H and O–H groups in total. The van der Waals surface area contributed by atoms with E-state index in [0.29, 0.717) is 44.9 Å². The molecule has 2 heterocycles. The SMILES string of the molecule is CC1CC(O)(C23CC(F)(C2)C3)CC(COc2cc(C(F)(F)F)c3c(c2)ncn3C2CC(C)(O)C2)N1. The second-order valence-electron chi connectivity index (χ2n) is 12.0. The van der Waals surface area contributed by atoms with Crippen LogP contribution < -0.4 is 10.1 Å². The quantitative estimate of drug-likeness (QED) is 0.538. The van der Waals surface area contributed by atoms with Crippen LogP contribution in [-0.2, 0) is 6.18 Å². The molecule has 1 saturated heterocycles. The predicted octanol–water partition coefficient (Wildman–Crippen LogP) is 4.28. The smallest absolute Gasteiger partial charge is 0.418 e. The van der Waals surface area contributed by atoms with E-state index in [-0.39, 0.29) is 46.9 Å². The average Bonchev–Trinajstić information content (AvgIpc) is 3.08. The van der Waals surface area contributed by atoms with Gasteiger partial charge in [0, 0.05) is 29.6 Å². The second kappa shape index (κ2) is 7.10. The number of nitrogens with zero attached hydrogens (tertiary/aromatic N) is 2. The van der Waals surface area contributed by atoms with Gasteiger partial charge in [-0.15, -0.1) is 0 Å². The van der Waals surface area contributed by atoms with E-state index in [1.807, 2.05) is 6.92 Å². The van der Waals surface area contributed by atoms with Gasteiger partial charge in [0.2, 0.25) is 0 Å². The van der Waals surface area contributed by atoms with E-state index in [1.165, 1.54) is 17.0 Å². The molecule has 2 bridgehead atoms. The maximum atomic E-state index is 14.1. The highest BCUT2D eigenvalue weighted by Crippen LogP contribution is 2.75. The van der Waals surface area contributed by atoms with Crippen LogP contribution in [0.2, 0.25) is 0 Å². The summed E-state index contributed by atoms with van der Waals surface area (Å²) in [5.74, 6) is 0.0625. The Morgan fingerprint density at radius 3 is 2.43 bits per heavy atom. The Morgan fingerprint density at radius 1 is 1.14 bits per heavy atom. The van der Waals surface area contributed by atoms with Crippen LogP contribution in [0.3, 0.4) is 0 Å². The lowest BCUT2D eigenvalue weighted by Crippen LogP contribution is -2.76. The number of halogens is 4. The molecule has 2 aromatic rings. The van der Waals surface area contributed by atoms with Gasteiger partial charge in [-0.25, -0.2) is 9.37 Å². The molecule has 0 radical (unpaired) electrons. The molecule has 3 unspecified atom stereocenters. The number of benzene rings is 1. The Morgan fingerprint density at radius 2 is 1.83 bits per heavy atom. The fourth-order valence-corrected chi connectivity index (χ4v) is 7.29. The van der Waals surface area contributed by atoms with Gasteiger partial charge in [0.15, 0.2) is 0 Å². The Labute approximate surface area is 200 Å². The number of piperidine rings is 1. The summed E-state index contributed by atoms with van der Waals surface area (Å²) in [5.41, 5.74) is -4.01. The number of aliphatic hydroxyl groups is 2. The van der Waals surface area contributed by atoms with Crippen LogP contribution in [0.4, 0.5) is 17.6 Å². The van der Waals surface area contributed by atoms with Gasteiger partial charge in [-0.3, -0.25) is 0 Å². The van der Waals surface area contributed by atoms with Crippen LogP contribution in [-0.4, -0.2) is 55.3 Å². The van der Waals surface area contributed by atoms with Crippen molar-refractivity contribution >= 4 is 11.0 Å². The summed E-state index contributed by atoms with van der Waals surface area (Å²) >= 11 is 0. The van der Waals surface area contributed by atoms with Crippen LogP contribution >= 0.6 is 0 Å². The van der Waals surface area contributed by atoms with Gasteiger partial charge in [0.25, 0.3) is 0 Å². The zero-order chi connectivity index (χ0) is 25.0. The number of fused-ring (bicyclic) bond motifs is 1. The van der Waals surface area contributed by atoms with Crippen molar-refractivity contribution in [1.29, 1.82) is 0 Å². The van der Waals surface area contributed by atoms with Gasteiger partial charge in [-0.05, 0) is 64.9 Å². The fraction of sp³-hybridized carbons (Fsp3) is 0.720. The Bertz CT molecular complexity index is 1150. The number of hydrogen-bond acceptors (Lipinski definition) is 5. The molecule has 3 atom stereocenters. The van der Waals surface area contributed by atoms with Crippen LogP contribution in [0.25, 0.3) is 11.0 Å². The number of ether oxygens (including phenoxy) is 1. The highest BCUT2D eigenvalue weighted by molar-refractivity contribution is 5.82. The maximum Gasteiger partial charge on any atom is 0.418 e. The topological polar surface area (TPSA) is 79.5 Å². The van der Waals surface area contributed by atoms with Crippen molar-refractivity contribution in [3.05, 3.63) is 24.0 Å². The van der Waals surface area contributed by atoms with Crippen molar-refractivity contribution in [2.24, 2.45) is 5.41 Å². The summed E-state index contributed by atoms with van der Waals surface area (Å²) in [5, 5.41) is 24.8. The first kappa shape index (κ1) is 23.5. The molecule has 5 aliphatic rings.